The maximum Gasteiger partial charge on any atom is 0.125 e. The summed E-state index contributed by atoms with van der Waals surface area (Å²) >= 11 is 9.80. The van der Waals surface area contributed by atoms with Crippen molar-refractivity contribution in [1.82, 2.24) is 0 Å². The number of nitrogens with two attached hydrogens (primary N) is 1. The molecule has 3 rings (SSSR count). The fraction of sp³-hybridized carbons (Fsp3) is 0.250. The van der Waals surface area contributed by atoms with Gasteiger partial charge in [-0.05, 0) is 47.9 Å². The van der Waals surface area contributed by atoms with Crippen LogP contribution in [0.3, 0.4) is 0 Å². The maximum absolute atomic E-state index is 13.6. The number of halogens is 3. The zero-order valence-corrected chi connectivity index (χ0v) is 13.7. The molecule has 1 unspecified atom stereocenters. The number of rotatable bonds is 3. The molecule has 0 aromatic heterocycles. The summed E-state index contributed by atoms with van der Waals surface area (Å²) in [5, 5.41) is 0.679. The standard InChI is InChI=1S/C16H15BrClFN2/c17-11-2-4-14(18)13(7-11)16(9-20)21-6-5-10-1-3-12(19)8-15(10)21/h1-4,7-8,16H,5-6,9,20H2. The van der Waals surface area contributed by atoms with E-state index in [0.29, 0.717) is 11.6 Å². The lowest BCUT2D eigenvalue weighted by Gasteiger charge is -2.30. The number of benzene rings is 2. The van der Waals surface area contributed by atoms with Crippen LogP contribution in [0.4, 0.5) is 10.1 Å². The fourth-order valence-corrected chi connectivity index (χ4v) is 3.52. The molecule has 0 fully saturated rings. The number of anilines is 1. The monoisotopic (exact) mass is 368 g/mol. The van der Waals surface area contributed by atoms with Crippen LogP contribution in [-0.4, -0.2) is 13.1 Å². The van der Waals surface area contributed by atoms with Gasteiger partial charge in [0, 0.05) is 28.3 Å². The molecule has 0 radical (unpaired) electrons. The average molecular weight is 370 g/mol. The summed E-state index contributed by atoms with van der Waals surface area (Å²) in [6, 6.07) is 10.6. The molecule has 2 nitrogen and oxygen atoms in total. The Labute approximate surface area is 136 Å². The van der Waals surface area contributed by atoms with E-state index in [-0.39, 0.29) is 11.9 Å². The van der Waals surface area contributed by atoms with E-state index in [4.69, 9.17) is 17.3 Å². The molecule has 1 heterocycles. The molecule has 21 heavy (non-hydrogen) atoms. The Kier molecular flexibility index (Phi) is 4.20. The summed E-state index contributed by atoms with van der Waals surface area (Å²) in [5.41, 5.74) is 9.02. The van der Waals surface area contributed by atoms with E-state index < -0.39 is 0 Å². The third kappa shape index (κ3) is 2.80. The lowest BCUT2D eigenvalue weighted by molar-refractivity contribution is 0.621. The highest BCUT2D eigenvalue weighted by atomic mass is 79.9. The van der Waals surface area contributed by atoms with Crippen LogP contribution in [0.1, 0.15) is 17.2 Å². The van der Waals surface area contributed by atoms with E-state index in [2.05, 4.69) is 20.8 Å². The van der Waals surface area contributed by atoms with Crippen LogP contribution in [0.15, 0.2) is 40.9 Å². The largest absolute Gasteiger partial charge is 0.363 e. The van der Waals surface area contributed by atoms with Crippen molar-refractivity contribution in [3.8, 4) is 0 Å². The summed E-state index contributed by atoms with van der Waals surface area (Å²) in [7, 11) is 0. The first-order chi connectivity index (χ1) is 10.1. The van der Waals surface area contributed by atoms with E-state index in [1.807, 2.05) is 24.3 Å². The van der Waals surface area contributed by atoms with E-state index >= 15 is 0 Å². The second-order valence-corrected chi connectivity index (χ2v) is 6.46. The minimum Gasteiger partial charge on any atom is -0.363 e. The van der Waals surface area contributed by atoms with Gasteiger partial charge in [0.25, 0.3) is 0 Å². The highest BCUT2D eigenvalue weighted by molar-refractivity contribution is 9.10. The molecule has 1 aliphatic heterocycles. The van der Waals surface area contributed by atoms with Crippen molar-refractivity contribution >= 4 is 33.2 Å². The summed E-state index contributed by atoms with van der Waals surface area (Å²) < 4.78 is 14.5. The van der Waals surface area contributed by atoms with Gasteiger partial charge in [0.1, 0.15) is 5.82 Å². The van der Waals surface area contributed by atoms with Crippen molar-refractivity contribution < 1.29 is 4.39 Å². The van der Waals surface area contributed by atoms with E-state index in [9.17, 15) is 4.39 Å². The first-order valence-electron chi connectivity index (χ1n) is 6.80. The van der Waals surface area contributed by atoms with Crippen molar-refractivity contribution in [1.29, 1.82) is 0 Å². The Morgan fingerprint density at radius 1 is 1.29 bits per heavy atom. The van der Waals surface area contributed by atoms with Crippen LogP contribution in [0.5, 0.6) is 0 Å². The highest BCUT2D eigenvalue weighted by Crippen LogP contribution is 2.38. The Balaban J connectivity index is 2.03. The zero-order valence-electron chi connectivity index (χ0n) is 11.3. The Morgan fingerprint density at radius 2 is 2.10 bits per heavy atom. The molecule has 0 saturated carbocycles. The highest BCUT2D eigenvalue weighted by Gasteiger charge is 2.28. The van der Waals surface area contributed by atoms with Crippen molar-refractivity contribution in [3.63, 3.8) is 0 Å². The summed E-state index contributed by atoms with van der Waals surface area (Å²) in [6.07, 6.45) is 0.901. The predicted molar refractivity (Wildman–Crippen MR) is 88.4 cm³/mol. The molecule has 0 bridgehead atoms. The minimum absolute atomic E-state index is 0.0574. The van der Waals surface area contributed by atoms with E-state index in [1.165, 1.54) is 6.07 Å². The third-order valence-electron chi connectivity index (χ3n) is 3.90. The Morgan fingerprint density at radius 3 is 2.86 bits per heavy atom. The van der Waals surface area contributed by atoms with Gasteiger partial charge in [-0.2, -0.15) is 0 Å². The second-order valence-electron chi connectivity index (χ2n) is 5.13. The number of fused-ring (bicyclic) bond motifs is 1. The molecule has 1 atom stereocenters. The molecule has 2 aromatic rings. The molecule has 2 aromatic carbocycles. The zero-order chi connectivity index (χ0) is 15.0. The molecule has 5 heteroatoms. The molecule has 2 N–H and O–H groups in total. The molecule has 0 saturated heterocycles. The lowest BCUT2D eigenvalue weighted by Crippen LogP contribution is -2.32. The van der Waals surface area contributed by atoms with Gasteiger partial charge in [-0.15, -0.1) is 0 Å². The molecular weight excluding hydrogens is 355 g/mol. The van der Waals surface area contributed by atoms with Gasteiger partial charge >= 0.3 is 0 Å². The van der Waals surface area contributed by atoms with Crippen LogP contribution in [0.25, 0.3) is 0 Å². The van der Waals surface area contributed by atoms with Crippen LogP contribution in [0.2, 0.25) is 5.02 Å². The number of hydrogen-bond donors (Lipinski definition) is 1. The molecule has 0 amide bonds. The first-order valence-corrected chi connectivity index (χ1v) is 7.97. The predicted octanol–water partition coefficient (Wildman–Crippen LogP) is 4.30. The van der Waals surface area contributed by atoms with Crippen LogP contribution in [-0.2, 0) is 6.42 Å². The maximum atomic E-state index is 13.6. The minimum atomic E-state index is -0.225. The first kappa shape index (κ1) is 14.8. The quantitative estimate of drug-likeness (QED) is 0.874. The van der Waals surface area contributed by atoms with Gasteiger partial charge < -0.3 is 10.6 Å². The van der Waals surface area contributed by atoms with Gasteiger partial charge in [-0.25, -0.2) is 4.39 Å². The molecule has 0 spiro atoms. The third-order valence-corrected chi connectivity index (χ3v) is 4.73. The molecule has 110 valence electrons. The average Bonchev–Trinajstić information content (AvgIpc) is 2.87. The van der Waals surface area contributed by atoms with Crippen LogP contribution >= 0.6 is 27.5 Å². The SMILES string of the molecule is NCC(c1cc(Br)ccc1Cl)N1CCc2ccc(F)cc21. The normalized spacial score (nSPS) is 15.1. The van der Waals surface area contributed by atoms with Crippen LogP contribution < -0.4 is 10.6 Å². The number of nitrogens with zero attached hydrogens (tertiary/aromatic N) is 1. The van der Waals surface area contributed by atoms with Gasteiger partial charge in [-0.3, -0.25) is 0 Å². The summed E-state index contributed by atoms with van der Waals surface area (Å²) in [5.74, 6) is -0.225. The van der Waals surface area contributed by atoms with Crippen molar-refractivity contribution in [2.45, 2.75) is 12.5 Å². The van der Waals surface area contributed by atoms with Crippen molar-refractivity contribution in [2.24, 2.45) is 5.73 Å². The fourth-order valence-electron chi connectivity index (χ4n) is 2.89. The van der Waals surface area contributed by atoms with Crippen molar-refractivity contribution in [3.05, 3.63) is 62.8 Å². The van der Waals surface area contributed by atoms with Crippen molar-refractivity contribution in [2.75, 3.05) is 18.0 Å². The smallest absolute Gasteiger partial charge is 0.125 e. The van der Waals surface area contributed by atoms with E-state index in [0.717, 1.165) is 34.3 Å². The van der Waals surface area contributed by atoms with Crippen LogP contribution in [0, 0.1) is 5.82 Å². The summed E-state index contributed by atoms with van der Waals surface area (Å²) in [4.78, 5) is 2.14. The molecule has 0 aliphatic carbocycles. The lowest BCUT2D eigenvalue weighted by atomic mass is 10.0. The molecular formula is C16H15BrClFN2. The Bertz CT molecular complexity index is 677. The van der Waals surface area contributed by atoms with Gasteiger partial charge in [0.15, 0.2) is 0 Å². The Hall–Kier alpha value is -1.10. The van der Waals surface area contributed by atoms with Gasteiger partial charge in [0.05, 0.1) is 6.04 Å². The van der Waals surface area contributed by atoms with Gasteiger partial charge in [-0.1, -0.05) is 33.6 Å². The number of hydrogen-bond acceptors (Lipinski definition) is 2. The van der Waals surface area contributed by atoms with E-state index in [1.54, 1.807) is 6.07 Å². The van der Waals surface area contributed by atoms with Gasteiger partial charge in [0.2, 0.25) is 0 Å². The molecule has 1 aliphatic rings. The summed E-state index contributed by atoms with van der Waals surface area (Å²) in [6.45, 7) is 1.25. The topological polar surface area (TPSA) is 29.3 Å². The second kappa shape index (κ2) is 5.95.